The van der Waals surface area contributed by atoms with Gasteiger partial charge in [0.15, 0.2) is 5.58 Å². The second kappa shape index (κ2) is 7.51. The molecule has 28 heavy (non-hydrogen) atoms. The largest absolute Gasteiger partial charge is 0.468 e. The van der Waals surface area contributed by atoms with Crippen molar-refractivity contribution >= 4 is 32.8 Å². The Kier molecular flexibility index (Phi) is 5.28. The Hall–Kier alpha value is -3.07. The first-order valence-electron chi connectivity index (χ1n) is 8.54. The smallest absolute Gasteiger partial charge is 0.420 e. The van der Waals surface area contributed by atoms with Gasteiger partial charge < -0.3 is 9.15 Å². The van der Waals surface area contributed by atoms with Crippen molar-refractivity contribution in [2.45, 2.75) is 31.2 Å². The Labute approximate surface area is 161 Å². The number of esters is 1. The van der Waals surface area contributed by atoms with E-state index in [1.165, 1.54) is 25.3 Å². The van der Waals surface area contributed by atoms with E-state index >= 15 is 0 Å². The Bertz CT molecular complexity index is 1170. The van der Waals surface area contributed by atoms with Crippen molar-refractivity contribution in [2.75, 3.05) is 11.8 Å². The SMILES string of the molecule is COC(=O)Cn1c(=O)oc2cc(S(=O)(=O)Nc3ccc(C(C)C)cc3)ccc21. The summed E-state index contributed by atoms with van der Waals surface area (Å²) in [5.41, 5.74) is 1.88. The summed E-state index contributed by atoms with van der Waals surface area (Å²) in [7, 11) is -2.67. The molecule has 0 aliphatic heterocycles. The van der Waals surface area contributed by atoms with Crippen molar-refractivity contribution in [2.24, 2.45) is 0 Å². The van der Waals surface area contributed by atoms with Gasteiger partial charge in [-0.25, -0.2) is 13.2 Å². The number of carbonyl (C=O) groups excluding carboxylic acids is 1. The minimum Gasteiger partial charge on any atom is -0.468 e. The van der Waals surface area contributed by atoms with Gasteiger partial charge in [-0.05, 0) is 35.7 Å². The fourth-order valence-corrected chi connectivity index (χ4v) is 3.78. The number of benzene rings is 2. The zero-order valence-corrected chi connectivity index (χ0v) is 16.4. The number of hydrogen-bond donors (Lipinski definition) is 1. The summed E-state index contributed by atoms with van der Waals surface area (Å²) in [4.78, 5) is 23.3. The third kappa shape index (κ3) is 3.94. The second-order valence-corrected chi connectivity index (χ2v) is 8.22. The molecule has 9 heteroatoms. The molecule has 3 rings (SSSR count). The average Bonchev–Trinajstić information content (AvgIpc) is 2.96. The maximum atomic E-state index is 12.7. The van der Waals surface area contributed by atoms with Crippen LogP contribution in [0, 0.1) is 0 Å². The van der Waals surface area contributed by atoms with Gasteiger partial charge in [-0.3, -0.25) is 14.1 Å². The number of sulfonamides is 1. The number of fused-ring (bicyclic) bond motifs is 1. The lowest BCUT2D eigenvalue weighted by Gasteiger charge is -2.10. The van der Waals surface area contributed by atoms with Gasteiger partial charge >= 0.3 is 11.7 Å². The van der Waals surface area contributed by atoms with Crippen molar-refractivity contribution < 1.29 is 22.4 Å². The summed E-state index contributed by atoms with van der Waals surface area (Å²) in [5.74, 6) is -1.05. The fraction of sp³-hybridized carbons (Fsp3) is 0.263. The van der Waals surface area contributed by atoms with Crippen LogP contribution in [0.5, 0.6) is 0 Å². The standard InChI is InChI=1S/C19H20N2O6S/c1-12(2)13-4-6-14(7-5-13)20-28(24,25)15-8-9-16-17(10-15)27-19(23)21(16)11-18(22)26-3/h4-10,12,20H,11H2,1-3H3. The number of aromatic nitrogens is 1. The molecule has 0 aliphatic rings. The monoisotopic (exact) mass is 404 g/mol. The van der Waals surface area contributed by atoms with E-state index in [2.05, 4.69) is 23.3 Å². The lowest BCUT2D eigenvalue weighted by Crippen LogP contribution is -2.20. The number of anilines is 1. The third-order valence-corrected chi connectivity index (χ3v) is 5.67. The van der Waals surface area contributed by atoms with Crippen LogP contribution in [-0.4, -0.2) is 26.1 Å². The first kappa shape index (κ1) is 19.7. The van der Waals surface area contributed by atoms with Crippen LogP contribution in [0.4, 0.5) is 5.69 Å². The van der Waals surface area contributed by atoms with Gasteiger partial charge in [0.2, 0.25) is 0 Å². The third-order valence-electron chi connectivity index (χ3n) is 4.29. The molecular formula is C19H20N2O6S. The summed E-state index contributed by atoms with van der Waals surface area (Å²) in [6.45, 7) is 3.78. The highest BCUT2D eigenvalue weighted by Crippen LogP contribution is 2.23. The van der Waals surface area contributed by atoms with Crippen molar-refractivity contribution in [1.82, 2.24) is 4.57 Å². The van der Waals surface area contributed by atoms with Crippen LogP contribution in [0.1, 0.15) is 25.3 Å². The quantitative estimate of drug-likeness (QED) is 0.633. The maximum absolute atomic E-state index is 12.7. The van der Waals surface area contributed by atoms with E-state index in [1.807, 2.05) is 12.1 Å². The van der Waals surface area contributed by atoms with Gasteiger partial charge in [-0.15, -0.1) is 0 Å². The Morgan fingerprint density at radius 3 is 2.46 bits per heavy atom. The van der Waals surface area contributed by atoms with Crippen molar-refractivity contribution in [3.63, 3.8) is 0 Å². The summed E-state index contributed by atoms with van der Waals surface area (Å²) >= 11 is 0. The lowest BCUT2D eigenvalue weighted by molar-refractivity contribution is -0.141. The van der Waals surface area contributed by atoms with E-state index in [4.69, 9.17) is 4.42 Å². The molecule has 148 valence electrons. The van der Waals surface area contributed by atoms with E-state index in [1.54, 1.807) is 12.1 Å². The molecule has 1 heterocycles. The highest BCUT2D eigenvalue weighted by Gasteiger charge is 2.19. The molecule has 0 saturated carbocycles. The van der Waals surface area contributed by atoms with Gasteiger partial charge in [0, 0.05) is 11.8 Å². The number of nitrogens with one attached hydrogen (secondary N) is 1. The first-order chi connectivity index (χ1) is 13.2. The van der Waals surface area contributed by atoms with Crippen molar-refractivity contribution in [3.8, 4) is 0 Å². The van der Waals surface area contributed by atoms with E-state index in [9.17, 15) is 18.0 Å². The number of oxazole rings is 1. The van der Waals surface area contributed by atoms with Gasteiger partial charge in [0.25, 0.3) is 10.0 Å². The van der Waals surface area contributed by atoms with Gasteiger partial charge in [-0.1, -0.05) is 26.0 Å². The predicted molar refractivity (Wildman–Crippen MR) is 104 cm³/mol. The highest BCUT2D eigenvalue weighted by molar-refractivity contribution is 7.92. The van der Waals surface area contributed by atoms with Crippen molar-refractivity contribution in [1.29, 1.82) is 0 Å². The zero-order valence-electron chi connectivity index (χ0n) is 15.6. The first-order valence-corrected chi connectivity index (χ1v) is 10.0. The fourth-order valence-electron chi connectivity index (χ4n) is 2.71. The molecule has 0 unspecified atom stereocenters. The number of methoxy groups -OCH3 is 1. The van der Waals surface area contributed by atoms with Gasteiger partial charge in [0.1, 0.15) is 6.54 Å². The number of hydrogen-bond acceptors (Lipinski definition) is 6. The van der Waals surface area contributed by atoms with Crippen molar-refractivity contribution in [3.05, 3.63) is 58.6 Å². The van der Waals surface area contributed by atoms with Crippen LogP contribution >= 0.6 is 0 Å². The summed E-state index contributed by atoms with van der Waals surface area (Å²) in [5, 5.41) is 0. The summed E-state index contributed by atoms with van der Waals surface area (Å²) < 4.78 is 38.5. The summed E-state index contributed by atoms with van der Waals surface area (Å²) in [6, 6.07) is 11.1. The number of nitrogens with zero attached hydrogens (tertiary/aromatic N) is 1. The summed E-state index contributed by atoms with van der Waals surface area (Å²) in [6.07, 6.45) is 0. The zero-order chi connectivity index (χ0) is 20.5. The van der Waals surface area contributed by atoms with E-state index in [-0.39, 0.29) is 17.0 Å². The molecule has 0 aliphatic carbocycles. The molecule has 0 fully saturated rings. The predicted octanol–water partition coefficient (Wildman–Crippen LogP) is 2.69. The second-order valence-electron chi connectivity index (χ2n) is 6.54. The van der Waals surface area contributed by atoms with E-state index in [0.717, 1.165) is 10.1 Å². The molecule has 1 aromatic heterocycles. The molecule has 2 aromatic carbocycles. The molecule has 1 N–H and O–H groups in total. The molecule has 3 aromatic rings. The van der Waals surface area contributed by atoms with Crippen LogP contribution in [-0.2, 0) is 26.1 Å². The normalized spacial score (nSPS) is 11.7. The molecule has 0 radical (unpaired) electrons. The van der Waals surface area contributed by atoms with Crippen LogP contribution in [0.3, 0.4) is 0 Å². The Morgan fingerprint density at radius 2 is 1.86 bits per heavy atom. The minimum absolute atomic E-state index is 0.0620. The van der Waals surface area contributed by atoms with E-state index < -0.39 is 21.7 Å². The Balaban J connectivity index is 1.91. The lowest BCUT2D eigenvalue weighted by atomic mass is 10.0. The molecule has 0 bridgehead atoms. The minimum atomic E-state index is -3.88. The molecule has 0 spiro atoms. The molecule has 8 nitrogen and oxygen atoms in total. The topological polar surface area (TPSA) is 108 Å². The number of carbonyl (C=O) groups is 1. The van der Waals surface area contributed by atoms with Crippen LogP contribution in [0.25, 0.3) is 11.1 Å². The van der Waals surface area contributed by atoms with Crippen LogP contribution in [0.15, 0.2) is 56.6 Å². The van der Waals surface area contributed by atoms with Crippen LogP contribution in [0.2, 0.25) is 0 Å². The maximum Gasteiger partial charge on any atom is 0.420 e. The van der Waals surface area contributed by atoms with E-state index in [0.29, 0.717) is 17.1 Å². The van der Waals surface area contributed by atoms with Gasteiger partial charge in [0.05, 0.1) is 17.5 Å². The molecular weight excluding hydrogens is 384 g/mol. The molecule has 0 amide bonds. The highest BCUT2D eigenvalue weighted by atomic mass is 32.2. The number of rotatable bonds is 6. The molecule has 0 atom stereocenters. The number of ether oxygens (including phenoxy) is 1. The molecule has 0 saturated heterocycles. The van der Waals surface area contributed by atoms with Crippen LogP contribution < -0.4 is 10.5 Å². The average molecular weight is 404 g/mol. The Morgan fingerprint density at radius 1 is 1.18 bits per heavy atom. The van der Waals surface area contributed by atoms with Gasteiger partial charge in [-0.2, -0.15) is 0 Å².